The van der Waals surface area contributed by atoms with Crippen LogP contribution in [0.3, 0.4) is 0 Å². The van der Waals surface area contributed by atoms with Crippen molar-refractivity contribution in [1.82, 2.24) is 4.90 Å². The molecule has 1 aliphatic heterocycles. The standard InChI is InChI=1S/C23H27N5O3/c1-17(23(30)26-20-5-3-18(15-24)4-6-20)27(2)16-22(29)25-19-7-9-21(10-8-19)28-11-13-31-14-12-28/h3-10,17H,11-14,16H2,1-2H3,(H,25,29)(H,26,30)/t17-/m1/s1. The molecule has 1 atom stereocenters. The molecule has 1 heterocycles. The molecule has 2 aromatic carbocycles. The molecule has 0 saturated carbocycles. The lowest BCUT2D eigenvalue weighted by atomic mass is 10.2. The van der Waals surface area contributed by atoms with Crippen molar-refractivity contribution in [1.29, 1.82) is 5.26 Å². The Kier molecular flexibility index (Phi) is 7.60. The lowest BCUT2D eigenvalue weighted by molar-refractivity contribution is -0.122. The Balaban J connectivity index is 1.48. The van der Waals surface area contributed by atoms with Crippen molar-refractivity contribution in [3.63, 3.8) is 0 Å². The quantitative estimate of drug-likeness (QED) is 0.712. The lowest BCUT2D eigenvalue weighted by Crippen LogP contribution is -2.43. The van der Waals surface area contributed by atoms with E-state index >= 15 is 0 Å². The van der Waals surface area contributed by atoms with Gasteiger partial charge in [-0.1, -0.05) is 0 Å². The monoisotopic (exact) mass is 421 g/mol. The lowest BCUT2D eigenvalue weighted by Gasteiger charge is -2.29. The Hall–Kier alpha value is -3.41. The number of carbonyl (C=O) groups is 2. The highest BCUT2D eigenvalue weighted by Crippen LogP contribution is 2.19. The van der Waals surface area contributed by atoms with Crippen LogP contribution in [0.1, 0.15) is 12.5 Å². The van der Waals surface area contributed by atoms with Crippen molar-refractivity contribution >= 4 is 28.9 Å². The fourth-order valence-corrected chi connectivity index (χ4v) is 3.22. The van der Waals surface area contributed by atoms with Gasteiger partial charge in [0, 0.05) is 30.2 Å². The maximum atomic E-state index is 12.5. The SMILES string of the molecule is C[C@H](C(=O)Nc1ccc(C#N)cc1)N(C)CC(=O)Nc1ccc(N2CCOCC2)cc1. The van der Waals surface area contributed by atoms with Crippen LogP contribution in [0.2, 0.25) is 0 Å². The molecule has 0 radical (unpaired) electrons. The van der Waals surface area contributed by atoms with Crippen LogP contribution < -0.4 is 15.5 Å². The number of hydrogen-bond acceptors (Lipinski definition) is 6. The van der Waals surface area contributed by atoms with Gasteiger partial charge in [-0.15, -0.1) is 0 Å². The summed E-state index contributed by atoms with van der Waals surface area (Å²) in [6.07, 6.45) is 0. The van der Waals surface area contributed by atoms with Gasteiger partial charge in [0.1, 0.15) is 0 Å². The molecule has 2 N–H and O–H groups in total. The molecule has 0 bridgehead atoms. The number of ether oxygens (including phenoxy) is 1. The Morgan fingerprint density at radius 1 is 1.06 bits per heavy atom. The zero-order chi connectivity index (χ0) is 22.2. The zero-order valence-corrected chi connectivity index (χ0v) is 17.8. The van der Waals surface area contributed by atoms with Gasteiger partial charge in [0.2, 0.25) is 11.8 Å². The van der Waals surface area contributed by atoms with Crippen LogP contribution in [-0.2, 0) is 14.3 Å². The van der Waals surface area contributed by atoms with E-state index in [2.05, 4.69) is 15.5 Å². The molecule has 2 aromatic rings. The second kappa shape index (κ2) is 10.6. The normalized spacial score (nSPS) is 14.6. The highest BCUT2D eigenvalue weighted by atomic mass is 16.5. The van der Waals surface area contributed by atoms with Crippen LogP contribution in [0.4, 0.5) is 17.1 Å². The first-order valence-electron chi connectivity index (χ1n) is 10.2. The number of benzene rings is 2. The van der Waals surface area contributed by atoms with Crippen molar-refractivity contribution in [3.05, 3.63) is 54.1 Å². The zero-order valence-electron chi connectivity index (χ0n) is 17.8. The number of likely N-dealkylation sites (N-methyl/N-ethyl adjacent to an activating group) is 1. The van der Waals surface area contributed by atoms with Crippen LogP contribution in [0.15, 0.2) is 48.5 Å². The van der Waals surface area contributed by atoms with Crippen molar-refractivity contribution in [3.8, 4) is 6.07 Å². The molecule has 0 aliphatic carbocycles. The molecule has 1 saturated heterocycles. The number of hydrogen-bond donors (Lipinski definition) is 2. The number of rotatable bonds is 7. The summed E-state index contributed by atoms with van der Waals surface area (Å²) >= 11 is 0. The number of morpholine rings is 1. The Morgan fingerprint density at radius 2 is 1.65 bits per heavy atom. The number of carbonyl (C=O) groups excluding carboxylic acids is 2. The van der Waals surface area contributed by atoms with Crippen molar-refractivity contribution in [2.24, 2.45) is 0 Å². The fourth-order valence-electron chi connectivity index (χ4n) is 3.22. The third-order valence-electron chi connectivity index (χ3n) is 5.24. The largest absolute Gasteiger partial charge is 0.378 e. The first-order valence-corrected chi connectivity index (χ1v) is 10.2. The molecule has 0 aromatic heterocycles. The van der Waals surface area contributed by atoms with Crippen LogP contribution in [-0.4, -0.2) is 62.7 Å². The molecule has 3 rings (SSSR count). The fraction of sp³-hybridized carbons (Fsp3) is 0.348. The maximum Gasteiger partial charge on any atom is 0.241 e. The van der Waals surface area contributed by atoms with Crippen LogP contribution in [0.5, 0.6) is 0 Å². The van der Waals surface area contributed by atoms with E-state index < -0.39 is 6.04 Å². The summed E-state index contributed by atoms with van der Waals surface area (Å²) in [6.45, 7) is 4.98. The summed E-state index contributed by atoms with van der Waals surface area (Å²) in [5.41, 5.74) is 2.95. The summed E-state index contributed by atoms with van der Waals surface area (Å²) in [4.78, 5) is 28.8. The average Bonchev–Trinajstić information content (AvgIpc) is 2.80. The molecule has 1 aliphatic rings. The molecule has 31 heavy (non-hydrogen) atoms. The number of anilines is 3. The molecular weight excluding hydrogens is 394 g/mol. The molecule has 0 unspecified atom stereocenters. The molecule has 2 amide bonds. The molecular formula is C23H27N5O3. The van der Waals surface area contributed by atoms with Crippen LogP contribution in [0.25, 0.3) is 0 Å². The van der Waals surface area contributed by atoms with E-state index in [1.807, 2.05) is 30.3 Å². The summed E-state index contributed by atoms with van der Waals surface area (Å²) in [7, 11) is 1.73. The second-order valence-electron chi connectivity index (χ2n) is 7.46. The van der Waals surface area contributed by atoms with Crippen molar-refractivity contribution in [2.75, 3.05) is 55.4 Å². The van der Waals surface area contributed by atoms with Gasteiger partial charge in [-0.3, -0.25) is 14.5 Å². The van der Waals surface area contributed by atoms with Gasteiger partial charge < -0.3 is 20.3 Å². The van der Waals surface area contributed by atoms with E-state index in [0.29, 0.717) is 16.9 Å². The Labute approximate surface area is 182 Å². The van der Waals surface area contributed by atoms with Gasteiger partial charge in [0.15, 0.2) is 0 Å². The van der Waals surface area contributed by atoms with Crippen LogP contribution in [0, 0.1) is 11.3 Å². The molecule has 1 fully saturated rings. The predicted molar refractivity (Wildman–Crippen MR) is 120 cm³/mol. The van der Waals surface area contributed by atoms with E-state index in [0.717, 1.165) is 32.0 Å². The minimum Gasteiger partial charge on any atom is -0.378 e. The summed E-state index contributed by atoms with van der Waals surface area (Å²) in [6, 6.07) is 15.9. The smallest absolute Gasteiger partial charge is 0.241 e. The molecule has 8 heteroatoms. The van der Waals surface area contributed by atoms with Gasteiger partial charge >= 0.3 is 0 Å². The van der Waals surface area contributed by atoms with E-state index in [9.17, 15) is 9.59 Å². The third-order valence-corrected chi connectivity index (χ3v) is 5.24. The van der Waals surface area contributed by atoms with E-state index in [1.54, 1.807) is 43.1 Å². The predicted octanol–water partition coefficient (Wildman–Crippen LogP) is 2.29. The molecule has 162 valence electrons. The van der Waals surface area contributed by atoms with Gasteiger partial charge in [-0.25, -0.2) is 0 Å². The van der Waals surface area contributed by atoms with Gasteiger partial charge in [-0.05, 0) is 62.5 Å². The van der Waals surface area contributed by atoms with Gasteiger partial charge in [-0.2, -0.15) is 5.26 Å². The average molecular weight is 422 g/mol. The first-order chi connectivity index (χ1) is 15.0. The molecule has 0 spiro atoms. The minimum absolute atomic E-state index is 0.0766. The molecule has 8 nitrogen and oxygen atoms in total. The van der Waals surface area contributed by atoms with E-state index in [1.165, 1.54) is 0 Å². The van der Waals surface area contributed by atoms with Crippen molar-refractivity contribution < 1.29 is 14.3 Å². The Morgan fingerprint density at radius 3 is 2.26 bits per heavy atom. The topological polar surface area (TPSA) is 97.7 Å². The van der Waals surface area contributed by atoms with Gasteiger partial charge in [0.25, 0.3) is 0 Å². The highest BCUT2D eigenvalue weighted by Gasteiger charge is 2.20. The van der Waals surface area contributed by atoms with Gasteiger partial charge in [0.05, 0.1) is 37.4 Å². The van der Waals surface area contributed by atoms with Crippen molar-refractivity contribution in [2.45, 2.75) is 13.0 Å². The Bertz CT molecular complexity index is 931. The highest BCUT2D eigenvalue weighted by molar-refractivity contribution is 5.96. The first kappa shape index (κ1) is 22.3. The number of nitriles is 1. The van der Waals surface area contributed by atoms with E-state index in [4.69, 9.17) is 10.00 Å². The summed E-state index contributed by atoms with van der Waals surface area (Å²) < 4.78 is 5.37. The second-order valence-corrected chi connectivity index (χ2v) is 7.46. The number of amides is 2. The van der Waals surface area contributed by atoms with E-state index in [-0.39, 0.29) is 18.4 Å². The maximum absolute atomic E-state index is 12.5. The summed E-state index contributed by atoms with van der Waals surface area (Å²) in [5.74, 6) is -0.422. The van der Waals surface area contributed by atoms with Crippen LogP contribution >= 0.6 is 0 Å². The summed E-state index contributed by atoms with van der Waals surface area (Å²) in [5, 5.41) is 14.5. The number of nitrogens with one attached hydrogen (secondary N) is 2. The minimum atomic E-state index is -0.509. The third kappa shape index (κ3) is 6.28. The number of nitrogens with zero attached hydrogens (tertiary/aromatic N) is 3.